The fourth-order valence-corrected chi connectivity index (χ4v) is 5.54. The minimum Gasteiger partial charge on any atom is -0.486 e. The van der Waals surface area contributed by atoms with Crippen LogP contribution in [-0.4, -0.2) is 57.8 Å². The molecule has 2 heterocycles. The Hall–Kier alpha value is -2.78. The van der Waals surface area contributed by atoms with E-state index in [1.165, 1.54) is 18.4 Å². The van der Waals surface area contributed by atoms with Crippen LogP contribution in [0.4, 0.5) is 5.69 Å². The summed E-state index contributed by atoms with van der Waals surface area (Å²) in [5, 5.41) is 2.93. The highest BCUT2D eigenvalue weighted by atomic mass is 32.2. The van der Waals surface area contributed by atoms with E-state index in [-0.39, 0.29) is 5.91 Å². The summed E-state index contributed by atoms with van der Waals surface area (Å²) in [5.41, 5.74) is 2.58. The molecular formula is C24H31N3O5S. The molecule has 0 aliphatic carbocycles. The molecule has 0 bridgehead atoms. The second kappa shape index (κ2) is 10.0. The van der Waals surface area contributed by atoms with Crippen LogP contribution in [0.15, 0.2) is 42.5 Å². The lowest BCUT2D eigenvalue weighted by Gasteiger charge is -2.29. The van der Waals surface area contributed by atoms with Crippen molar-refractivity contribution in [2.45, 2.75) is 38.9 Å². The molecule has 178 valence electrons. The lowest BCUT2D eigenvalue weighted by Crippen LogP contribution is -2.47. The summed E-state index contributed by atoms with van der Waals surface area (Å²) in [6.45, 7) is 5.80. The van der Waals surface area contributed by atoms with Crippen molar-refractivity contribution in [1.29, 1.82) is 0 Å². The number of amides is 1. The highest BCUT2D eigenvalue weighted by Gasteiger charge is 2.30. The maximum Gasteiger partial charge on any atom is 0.243 e. The molecule has 1 saturated heterocycles. The van der Waals surface area contributed by atoms with E-state index in [1.54, 1.807) is 25.1 Å². The van der Waals surface area contributed by atoms with Crippen LogP contribution >= 0.6 is 0 Å². The fourth-order valence-electron chi connectivity index (χ4n) is 4.37. The van der Waals surface area contributed by atoms with Crippen molar-refractivity contribution in [3.63, 3.8) is 0 Å². The molecule has 0 unspecified atom stereocenters. The molecule has 4 rings (SSSR count). The van der Waals surface area contributed by atoms with Crippen molar-refractivity contribution in [3.05, 3.63) is 53.6 Å². The standard InChI is InChI=1S/C24H31N3O5S/c1-18(27(33(2,29)30)21-9-10-22-23(15-21)32-14-13-31-22)24(28)25-16-19-7-3-4-8-20(19)17-26-11-5-6-12-26/h3-4,7-10,15,18H,5-6,11-14,16-17H2,1-2H3,(H,25,28)/t18-/m0/s1. The van der Waals surface area contributed by atoms with Gasteiger partial charge >= 0.3 is 0 Å². The quantitative estimate of drug-likeness (QED) is 0.634. The first kappa shape index (κ1) is 23.4. The third kappa shape index (κ3) is 5.59. The van der Waals surface area contributed by atoms with Crippen LogP contribution in [0.25, 0.3) is 0 Å². The lowest BCUT2D eigenvalue weighted by molar-refractivity contribution is -0.122. The van der Waals surface area contributed by atoms with E-state index in [1.807, 2.05) is 18.2 Å². The Bertz CT molecular complexity index is 1100. The zero-order valence-corrected chi connectivity index (χ0v) is 19.9. The van der Waals surface area contributed by atoms with Crippen LogP contribution < -0.4 is 19.1 Å². The number of sulfonamides is 1. The number of fused-ring (bicyclic) bond motifs is 1. The van der Waals surface area contributed by atoms with Crippen molar-refractivity contribution >= 4 is 21.6 Å². The molecule has 8 nitrogen and oxygen atoms in total. The van der Waals surface area contributed by atoms with Crippen molar-refractivity contribution in [2.75, 3.05) is 36.9 Å². The number of nitrogens with one attached hydrogen (secondary N) is 1. The molecule has 1 N–H and O–H groups in total. The minimum atomic E-state index is -3.73. The predicted octanol–water partition coefficient (Wildman–Crippen LogP) is 2.52. The molecule has 33 heavy (non-hydrogen) atoms. The van der Waals surface area contributed by atoms with Gasteiger partial charge in [0.2, 0.25) is 15.9 Å². The van der Waals surface area contributed by atoms with Gasteiger partial charge in [0.15, 0.2) is 11.5 Å². The van der Waals surface area contributed by atoms with Gasteiger partial charge in [0.25, 0.3) is 0 Å². The zero-order valence-electron chi connectivity index (χ0n) is 19.1. The molecule has 1 amide bonds. The van der Waals surface area contributed by atoms with Gasteiger partial charge in [0.1, 0.15) is 19.3 Å². The van der Waals surface area contributed by atoms with E-state index in [9.17, 15) is 13.2 Å². The van der Waals surface area contributed by atoms with Crippen LogP contribution in [-0.2, 0) is 27.9 Å². The average molecular weight is 474 g/mol. The van der Waals surface area contributed by atoms with Gasteiger partial charge in [-0.3, -0.25) is 14.0 Å². The fraction of sp³-hybridized carbons (Fsp3) is 0.458. The number of nitrogens with zero attached hydrogens (tertiary/aromatic N) is 2. The van der Waals surface area contributed by atoms with Crippen molar-refractivity contribution < 1.29 is 22.7 Å². The maximum atomic E-state index is 13.0. The van der Waals surface area contributed by atoms with Crippen LogP contribution in [0.2, 0.25) is 0 Å². The van der Waals surface area contributed by atoms with Gasteiger partial charge < -0.3 is 14.8 Å². The van der Waals surface area contributed by atoms with E-state index in [0.29, 0.717) is 36.9 Å². The van der Waals surface area contributed by atoms with E-state index < -0.39 is 16.1 Å². The van der Waals surface area contributed by atoms with E-state index in [4.69, 9.17) is 9.47 Å². The number of likely N-dealkylation sites (tertiary alicyclic amines) is 1. The molecule has 0 aromatic heterocycles. The molecule has 2 aromatic rings. The van der Waals surface area contributed by atoms with E-state index >= 15 is 0 Å². The highest BCUT2D eigenvalue weighted by molar-refractivity contribution is 7.92. The Morgan fingerprint density at radius 1 is 1.06 bits per heavy atom. The van der Waals surface area contributed by atoms with Gasteiger partial charge in [-0.2, -0.15) is 0 Å². The first-order valence-corrected chi connectivity index (χ1v) is 13.1. The van der Waals surface area contributed by atoms with Crippen LogP contribution in [0.1, 0.15) is 30.9 Å². The Morgan fingerprint density at radius 3 is 2.42 bits per heavy atom. The molecule has 0 radical (unpaired) electrons. The highest BCUT2D eigenvalue weighted by Crippen LogP contribution is 2.35. The Balaban J connectivity index is 1.48. The molecule has 2 aliphatic heterocycles. The Morgan fingerprint density at radius 2 is 1.73 bits per heavy atom. The van der Waals surface area contributed by atoms with Gasteiger partial charge in [-0.25, -0.2) is 8.42 Å². The molecule has 0 spiro atoms. The molecule has 0 saturated carbocycles. The summed E-state index contributed by atoms with van der Waals surface area (Å²) in [6.07, 6.45) is 3.54. The van der Waals surface area contributed by atoms with Crippen molar-refractivity contribution in [3.8, 4) is 11.5 Å². The molecule has 1 fully saturated rings. The van der Waals surface area contributed by atoms with Gasteiger partial charge in [-0.05, 0) is 56.1 Å². The SMILES string of the molecule is C[C@@H](C(=O)NCc1ccccc1CN1CCCC1)N(c1ccc2c(c1)OCCO2)S(C)(=O)=O. The summed E-state index contributed by atoms with van der Waals surface area (Å²) in [4.78, 5) is 15.5. The van der Waals surface area contributed by atoms with Gasteiger partial charge in [-0.15, -0.1) is 0 Å². The number of carbonyl (C=O) groups excluding carboxylic acids is 1. The van der Waals surface area contributed by atoms with Crippen LogP contribution in [0, 0.1) is 0 Å². The third-order valence-corrected chi connectivity index (χ3v) is 7.27. The molecular weight excluding hydrogens is 442 g/mol. The number of hydrogen-bond donors (Lipinski definition) is 1. The lowest BCUT2D eigenvalue weighted by atomic mass is 10.1. The number of anilines is 1. The first-order valence-electron chi connectivity index (χ1n) is 11.3. The van der Waals surface area contributed by atoms with Crippen LogP contribution in [0.5, 0.6) is 11.5 Å². The second-order valence-corrected chi connectivity index (χ2v) is 10.4. The minimum absolute atomic E-state index is 0.339. The van der Waals surface area contributed by atoms with Gasteiger partial charge in [-0.1, -0.05) is 24.3 Å². The molecule has 9 heteroatoms. The first-order chi connectivity index (χ1) is 15.8. The third-order valence-electron chi connectivity index (χ3n) is 6.03. The second-order valence-electron chi connectivity index (χ2n) is 8.53. The maximum absolute atomic E-state index is 13.0. The number of benzene rings is 2. The zero-order chi connectivity index (χ0) is 23.4. The summed E-state index contributed by atoms with van der Waals surface area (Å²) < 4.78 is 37.5. The normalized spacial score (nSPS) is 16.9. The van der Waals surface area contributed by atoms with Crippen molar-refractivity contribution in [2.24, 2.45) is 0 Å². The number of carbonyl (C=O) groups is 1. The predicted molar refractivity (Wildman–Crippen MR) is 127 cm³/mol. The monoisotopic (exact) mass is 473 g/mol. The molecule has 2 aliphatic rings. The van der Waals surface area contributed by atoms with Gasteiger partial charge in [0.05, 0.1) is 11.9 Å². The van der Waals surface area contributed by atoms with E-state index in [2.05, 4.69) is 16.3 Å². The average Bonchev–Trinajstić information content (AvgIpc) is 3.30. The smallest absolute Gasteiger partial charge is 0.243 e. The summed E-state index contributed by atoms with van der Waals surface area (Å²) in [6, 6.07) is 12.0. The summed E-state index contributed by atoms with van der Waals surface area (Å²) in [5.74, 6) is 0.660. The van der Waals surface area contributed by atoms with Crippen LogP contribution in [0.3, 0.4) is 0 Å². The Labute approximate surface area is 195 Å². The number of ether oxygens (including phenoxy) is 2. The Kier molecular flexibility index (Phi) is 7.09. The number of hydrogen-bond acceptors (Lipinski definition) is 6. The van der Waals surface area contributed by atoms with E-state index in [0.717, 1.165) is 35.8 Å². The van der Waals surface area contributed by atoms with Gasteiger partial charge in [0, 0.05) is 19.2 Å². The summed E-state index contributed by atoms with van der Waals surface area (Å²) in [7, 11) is -3.73. The molecule has 1 atom stereocenters. The largest absolute Gasteiger partial charge is 0.486 e. The summed E-state index contributed by atoms with van der Waals surface area (Å²) >= 11 is 0. The molecule has 2 aromatic carbocycles. The topological polar surface area (TPSA) is 88.2 Å². The van der Waals surface area contributed by atoms with Crippen molar-refractivity contribution in [1.82, 2.24) is 10.2 Å². The number of rotatable bonds is 8.